The van der Waals surface area contributed by atoms with Gasteiger partial charge in [-0.25, -0.2) is 0 Å². The highest BCUT2D eigenvalue weighted by molar-refractivity contribution is 9.10. The van der Waals surface area contributed by atoms with Crippen LogP contribution < -0.4 is 5.73 Å². The first-order valence-electron chi connectivity index (χ1n) is 4.80. The quantitative estimate of drug-likeness (QED) is 0.870. The zero-order valence-corrected chi connectivity index (χ0v) is 11.4. The summed E-state index contributed by atoms with van der Waals surface area (Å²) in [5.74, 6) is -0.259. The zero-order valence-electron chi connectivity index (χ0n) is 8.98. The maximum atomic E-state index is 11.2. The van der Waals surface area contributed by atoms with Crippen LogP contribution in [0, 0.1) is 0 Å². The lowest BCUT2D eigenvalue weighted by atomic mass is 10.1. The Morgan fingerprint density at radius 2 is 2.25 bits per heavy atom. The summed E-state index contributed by atoms with van der Waals surface area (Å²) in [7, 11) is 0. The Bertz CT molecular complexity index is 347. The first-order chi connectivity index (χ1) is 7.13. The molecule has 0 unspecified atom stereocenters. The van der Waals surface area contributed by atoms with E-state index in [1.165, 1.54) is 0 Å². The molecule has 0 spiro atoms. The zero-order chi connectivity index (χ0) is 11.3. The van der Waals surface area contributed by atoms with Crippen molar-refractivity contribution >= 4 is 34.3 Å². The molecule has 0 aromatic heterocycles. The Labute approximate surface area is 110 Å². The van der Waals surface area contributed by atoms with Crippen LogP contribution in [0.1, 0.15) is 24.9 Å². The molecule has 0 aliphatic heterocycles. The smallest absolute Gasteiger partial charge is 0.307 e. The number of carbonyl (C=O) groups is 1. The number of hydrogen-bond acceptors (Lipinski definition) is 3. The van der Waals surface area contributed by atoms with Gasteiger partial charge in [0.2, 0.25) is 0 Å². The lowest BCUT2D eigenvalue weighted by Gasteiger charge is -2.11. The van der Waals surface area contributed by atoms with Gasteiger partial charge in [-0.3, -0.25) is 4.79 Å². The fourth-order valence-corrected chi connectivity index (χ4v) is 1.67. The van der Waals surface area contributed by atoms with Crippen LogP contribution in [0.2, 0.25) is 0 Å². The summed E-state index contributed by atoms with van der Waals surface area (Å²) in [6.07, 6.45) is 0.213. The number of nitrogens with two attached hydrogens (primary N) is 1. The van der Waals surface area contributed by atoms with Crippen molar-refractivity contribution in [1.82, 2.24) is 0 Å². The molecule has 0 fully saturated rings. The van der Waals surface area contributed by atoms with Gasteiger partial charge in [0.25, 0.3) is 0 Å². The second kappa shape index (κ2) is 7.65. The molecule has 5 heteroatoms. The van der Waals surface area contributed by atoms with Crippen LogP contribution in [0.4, 0.5) is 0 Å². The van der Waals surface area contributed by atoms with E-state index in [-0.39, 0.29) is 30.8 Å². The Morgan fingerprint density at radius 1 is 1.56 bits per heavy atom. The molecule has 0 saturated heterocycles. The molecule has 1 rings (SSSR count). The molecule has 90 valence electrons. The lowest BCUT2D eigenvalue weighted by Crippen LogP contribution is -2.17. The van der Waals surface area contributed by atoms with Gasteiger partial charge in [0, 0.05) is 10.5 Å². The molecule has 0 bridgehead atoms. The molecule has 1 aromatic rings. The third kappa shape index (κ3) is 4.96. The number of carbonyl (C=O) groups excluding carboxylic acids is 1. The van der Waals surface area contributed by atoms with E-state index >= 15 is 0 Å². The van der Waals surface area contributed by atoms with Crippen molar-refractivity contribution in [3.63, 3.8) is 0 Å². The van der Waals surface area contributed by atoms with Crippen LogP contribution in [0.3, 0.4) is 0 Å². The fourth-order valence-electron chi connectivity index (χ4n) is 1.25. The number of rotatable bonds is 4. The van der Waals surface area contributed by atoms with Gasteiger partial charge in [-0.05, 0) is 24.6 Å². The summed E-state index contributed by atoms with van der Waals surface area (Å²) in [5.41, 5.74) is 6.80. The predicted octanol–water partition coefficient (Wildman–Crippen LogP) is 2.82. The van der Waals surface area contributed by atoms with Gasteiger partial charge >= 0.3 is 5.97 Å². The van der Waals surface area contributed by atoms with Crippen molar-refractivity contribution in [2.24, 2.45) is 5.73 Å². The van der Waals surface area contributed by atoms with Crippen molar-refractivity contribution in [2.75, 3.05) is 6.61 Å². The molecule has 1 aromatic carbocycles. The third-order valence-corrected chi connectivity index (χ3v) is 2.46. The van der Waals surface area contributed by atoms with Crippen LogP contribution in [0.15, 0.2) is 28.7 Å². The van der Waals surface area contributed by atoms with Crippen molar-refractivity contribution in [2.45, 2.75) is 19.4 Å². The highest BCUT2D eigenvalue weighted by Gasteiger charge is 2.12. The largest absolute Gasteiger partial charge is 0.466 e. The minimum absolute atomic E-state index is 0. The second-order valence-electron chi connectivity index (χ2n) is 3.17. The molecule has 0 aliphatic rings. The molecule has 3 nitrogen and oxygen atoms in total. The summed E-state index contributed by atoms with van der Waals surface area (Å²) < 4.78 is 5.79. The summed E-state index contributed by atoms with van der Waals surface area (Å²) >= 11 is 3.36. The Hall–Kier alpha value is -0.580. The van der Waals surface area contributed by atoms with Crippen molar-refractivity contribution in [3.8, 4) is 0 Å². The van der Waals surface area contributed by atoms with Gasteiger partial charge in [0.1, 0.15) is 0 Å². The van der Waals surface area contributed by atoms with Gasteiger partial charge < -0.3 is 10.5 Å². The summed E-state index contributed by atoms with van der Waals surface area (Å²) in [6.45, 7) is 2.17. The average molecular weight is 309 g/mol. The van der Waals surface area contributed by atoms with Crippen LogP contribution in [-0.4, -0.2) is 12.6 Å². The van der Waals surface area contributed by atoms with Crippen molar-refractivity contribution < 1.29 is 9.53 Å². The number of benzene rings is 1. The molecule has 0 radical (unpaired) electrons. The topological polar surface area (TPSA) is 52.3 Å². The van der Waals surface area contributed by atoms with E-state index in [0.717, 1.165) is 10.0 Å². The standard InChI is InChI=1S/C11H14BrNO2.ClH/c1-2-15-11(14)7-10(13)8-4-3-5-9(12)6-8;/h3-6,10H,2,7,13H2,1H3;1H/t10-;/m1./s1. The summed E-state index contributed by atoms with van der Waals surface area (Å²) in [6, 6.07) is 7.31. The van der Waals surface area contributed by atoms with Gasteiger partial charge in [0.05, 0.1) is 13.0 Å². The van der Waals surface area contributed by atoms with Crippen LogP contribution in [0.5, 0.6) is 0 Å². The summed E-state index contributed by atoms with van der Waals surface area (Å²) in [4.78, 5) is 11.2. The van der Waals surface area contributed by atoms with Crippen LogP contribution >= 0.6 is 28.3 Å². The van der Waals surface area contributed by atoms with Crippen molar-refractivity contribution in [3.05, 3.63) is 34.3 Å². The minimum atomic E-state index is -0.304. The molecule has 0 amide bonds. The SMILES string of the molecule is CCOC(=O)C[C@@H](N)c1cccc(Br)c1.Cl. The van der Waals surface area contributed by atoms with E-state index in [1.54, 1.807) is 6.92 Å². The molecular weight excluding hydrogens is 293 g/mol. The number of hydrogen-bond donors (Lipinski definition) is 1. The number of ether oxygens (including phenoxy) is 1. The Morgan fingerprint density at radius 3 is 2.81 bits per heavy atom. The fraction of sp³-hybridized carbons (Fsp3) is 0.364. The maximum absolute atomic E-state index is 11.2. The molecule has 16 heavy (non-hydrogen) atoms. The first kappa shape index (κ1) is 15.4. The van der Waals surface area contributed by atoms with E-state index in [0.29, 0.717) is 6.61 Å². The van der Waals surface area contributed by atoms with E-state index in [4.69, 9.17) is 10.5 Å². The van der Waals surface area contributed by atoms with Gasteiger partial charge in [-0.15, -0.1) is 12.4 Å². The molecular formula is C11H15BrClNO2. The second-order valence-corrected chi connectivity index (χ2v) is 4.09. The lowest BCUT2D eigenvalue weighted by molar-refractivity contribution is -0.143. The van der Waals surface area contributed by atoms with Crippen LogP contribution in [-0.2, 0) is 9.53 Å². The Kier molecular flexibility index (Phi) is 7.38. The average Bonchev–Trinajstić information content (AvgIpc) is 2.18. The number of halogens is 2. The maximum Gasteiger partial charge on any atom is 0.307 e. The van der Waals surface area contributed by atoms with Gasteiger partial charge in [0.15, 0.2) is 0 Å². The highest BCUT2D eigenvalue weighted by atomic mass is 79.9. The molecule has 2 N–H and O–H groups in total. The molecule has 0 heterocycles. The predicted molar refractivity (Wildman–Crippen MR) is 69.6 cm³/mol. The number of esters is 1. The molecule has 1 atom stereocenters. The first-order valence-corrected chi connectivity index (χ1v) is 5.59. The van der Waals surface area contributed by atoms with Gasteiger partial charge in [-0.2, -0.15) is 0 Å². The van der Waals surface area contributed by atoms with Crippen molar-refractivity contribution in [1.29, 1.82) is 0 Å². The van der Waals surface area contributed by atoms with Crippen LogP contribution in [0.25, 0.3) is 0 Å². The minimum Gasteiger partial charge on any atom is -0.466 e. The van der Waals surface area contributed by atoms with E-state index in [9.17, 15) is 4.79 Å². The van der Waals surface area contributed by atoms with E-state index < -0.39 is 0 Å². The highest BCUT2D eigenvalue weighted by Crippen LogP contribution is 2.19. The molecule has 0 saturated carbocycles. The Balaban J connectivity index is 0.00000225. The molecule has 0 aliphatic carbocycles. The monoisotopic (exact) mass is 307 g/mol. The van der Waals surface area contributed by atoms with E-state index in [1.807, 2.05) is 24.3 Å². The summed E-state index contributed by atoms with van der Waals surface area (Å²) in [5, 5.41) is 0. The third-order valence-electron chi connectivity index (χ3n) is 1.97. The normalized spacial score (nSPS) is 11.4. The van der Waals surface area contributed by atoms with E-state index in [2.05, 4.69) is 15.9 Å². The van der Waals surface area contributed by atoms with Gasteiger partial charge in [-0.1, -0.05) is 28.1 Å².